The molecule has 0 N–H and O–H groups in total. The van der Waals surface area contributed by atoms with Crippen molar-refractivity contribution in [3.63, 3.8) is 0 Å². The SMILES string of the molecule is C=C(CN1C=C(c2ccc3ccccc3n2)C(C#N)c2ccccc21)c1ccccc1. The normalized spacial score (nSPS) is 15.1. The van der Waals surface area contributed by atoms with Gasteiger partial charge in [-0.15, -0.1) is 0 Å². The predicted octanol–water partition coefficient (Wildman–Crippen LogP) is 6.42. The van der Waals surface area contributed by atoms with Gasteiger partial charge in [0.1, 0.15) is 5.92 Å². The highest BCUT2D eigenvalue weighted by atomic mass is 15.1. The third-order valence-electron chi connectivity index (χ3n) is 5.73. The van der Waals surface area contributed by atoms with Crippen LogP contribution in [-0.2, 0) is 0 Å². The summed E-state index contributed by atoms with van der Waals surface area (Å²) in [4.78, 5) is 7.06. The Morgan fingerprint density at radius 3 is 2.48 bits per heavy atom. The van der Waals surface area contributed by atoms with Gasteiger partial charge in [-0.2, -0.15) is 5.26 Å². The number of rotatable bonds is 4. The van der Waals surface area contributed by atoms with E-state index < -0.39 is 0 Å². The Kier molecular flexibility index (Phi) is 4.82. The zero-order chi connectivity index (χ0) is 21.2. The molecule has 31 heavy (non-hydrogen) atoms. The molecule has 5 rings (SSSR count). The maximum absolute atomic E-state index is 10.1. The molecule has 1 aliphatic rings. The number of para-hydroxylation sites is 2. The summed E-state index contributed by atoms with van der Waals surface area (Å²) in [5, 5.41) is 11.2. The van der Waals surface area contributed by atoms with Crippen molar-refractivity contribution < 1.29 is 0 Å². The maximum atomic E-state index is 10.1. The van der Waals surface area contributed by atoms with Crippen molar-refractivity contribution in [3.05, 3.63) is 121 Å². The largest absolute Gasteiger partial charge is 0.343 e. The molecule has 3 heteroatoms. The van der Waals surface area contributed by atoms with E-state index in [1.165, 1.54) is 0 Å². The standard InChI is InChI=1S/C28H21N3/c1-20(21-9-3-2-4-10-21)18-31-19-25(24(17-29)23-12-6-8-14-28(23)31)27-16-15-22-11-5-7-13-26(22)30-27/h2-16,19,24H,1,18H2. The van der Waals surface area contributed by atoms with Crippen LogP contribution >= 0.6 is 0 Å². The molecule has 0 bridgehead atoms. The lowest BCUT2D eigenvalue weighted by Gasteiger charge is -2.32. The second-order valence-corrected chi connectivity index (χ2v) is 7.69. The van der Waals surface area contributed by atoms with Crippen molar-refractivity contribution in [1.29, 1.82) is 5.26 Å². The lowest BCUT2D eigenvalue weighted by atomic mass is 9.86. The van der Waals surface area contributed by atoms with Crippen molar-refractivity contribution in [2.45, 2.75) is 5.92 Å². The predicted molar refractivity (Wildman–Crippen MR) is 127 cm³/mol. The Hall–Kier alpha value is -4.16. The van der Waals surface area contributed by atoms with Gasteiger partial charge in [-0.25, -0.2) is 4.98 Å². The Bertz CT molecular complexity index is 1350. The summed E-state index contributed by atoms with van der Waals surface area (Å²) in [5.41, 5.74) is 6.84. The minimum Gasteiger partial charge on any atom is -0.343 e. The van der Waals surface area contributed by atoms with E-state index >= 15 is 0 Å². The van der Waals surface area contributed by atoms with Gasteiger partial charge in [0.15, 0.2) is 0 Å². The molecule has 2 heterocycles. The molecule has 4 aromatic rings. The van der Waals surface area contributed by atoms with Crippen molar-refractivity contribution in [1.82, 2.24) is 4.98 Å². The van der Waals surface area contributed by atoms with Crippen LogP contribution in [0.4, 0.5) is 5.69 Å². The molecule has 148 valence electrons. The van der Waals surface area contributed by atoms with Crippen LogP contribution in [0, 0.1) is 11.3 Å². The molecule has 0 aliphatic carbocycles. The topological polar surface area (TPSA) is 39.9 Å². The van der Waals surface area contributed by atoms with E-state index in [1.54, 1.807) is 0 Å². The fourth-order valence-corrected chi connectivity index (χ4v) is 4.15. The summed E-state index contributed by atoms with van der Waals surface area (Å²) in [6, 6.07) is 33.0. The average molecular weight is 399 g/mol. The van der Waals surface area contributed by atoms with Gasteiger partial charge in [0.05, 0.1) is 17.3 Å². The first-order valence-corrected chi connectivity index (χ1v) is 10.3. The van der Waals surface area contributed by atoms with Gasteiger partial charge >= 0.3 is 0 Å². The van der Waals surface area contributed by atoms with Crippen molar-refractivity contribution in [2.75, 3.05) is 11.4 Å². The number of aromatic nitrogens is 1. The highest BCUT2D eigenvalue weighted by molar-refractivity contribution is 5.86. The van der Waals surface area contributed by atoms with Crippen LogP contribution in [-0.4, -0.2) is 11.5 Å². The lowest BCUT2D eigenvalue weighted by Crippen LogP contribution is -2.25. The average Bonchev–Trinajstić information content (AvgIpc) is 2.84. The van der Waals surface area contributed by atoms with Crippen LogP contribution in [0.1, 0.15) is 22.7 Å². The molecule has 1 atom stereocenters. The van der Waals surface area contributed by atoms with E-state index in [0.29, 0.717) is 6.54 Å². The first kappa shape index (κ1) is 18.8. The third-order valence-corrected chi connectivity index (χ3v) is 5.73. The van der Waals surface area contributed by atoms with Gasteiger partial charge in [0.2, 0.25) is 0 Å². The molecule has 0 radical (unpaired) electrons. The molecule has 0 amide bonds. The number of hydrogen-bond donors (Lipinski definition) is 0. The molecular weight excluding hydrogens is 378 g/mol. The molecule has 3 aromatic carbocycles. The maximum Gasteiger partial charge on any atom is 0.102 e. The molecule has 3 nitrogen and oxygen atoms in total. The highest BCUT2D eigenvalue weighted by Gasteiger charge is 2.29. The molecule has 1 aliphatic heterocycles. The molecule has 1 aromatic heterocycles. The van der Waals surface area contributed by atoms with E-state index in [9.17, 15) is 5.26 Å². The first-order valence-electron chi connectivity index (χ1n) is 10.3. The third kappa shape index (κ3) is 3.49. The number of nitriles is 1. The molecule has 0 saturated carbocycles. The van der Waals surface area contributed by atoms with Gasteiger partial charge < -0.3 is 4.90 Å². The Morgan fingerprint density at radius 1 is 0.903 bits per heavy atom. The monoisotopic (exact) mass is 399 g/mol. The molecule has 0 spiro atoms. The minimum atomic E-state index is -0.369. The Balaban J connectivity index is 1.60. The summed E-state index contributed by atoms with van der Waals surface area (Å²) in [6.07, 6.45) is 2.07. The van der Waals surface area contributed by atoms with E-state index in [4.69, 9.17) is 4.98 Å². The zero-order valence-corrected chi connectivity index (χ0v) is 17.1. The van der Waals surface area contributed by atoms with Gasteiger partial charge in [0.25, 0.3) is 0 Å². The number of anilines is 1. The quantitative estimate of drug-likeness (QED) is 0.398. The van der Waals surface area contributed by atoms with Gasteiger partial charge in [-0.1, -0.05) is 79.4 Å². The Labute approximate surface area is 182 Å². The van der Waals surface area contributed by atoms with Crippen LogP contribution in [0.5, 0.6) is 0 Å². The smallest absolute Gasteiger partial charge is 0.102 e. The molecule has 0 fully saturated rings. The van der Waals surface area contributed by atoms with Crippen LogP contribution in [0.25, 0.3) is 22.0 Å². The fourth-order valence-electron chi connectivity index (χ4n) is 4.15. The number of fused-ring (bicyclic) bond motifs is 2. The Morgan fingerprint density at radius 2 is 1.65 bits per heavy atom. The van der Waals surface area contributed by atoms with Crippen LogP contribution < -0.4 is 4.90 Å². The summed E-state index contributed by atoms with van der Waals surface area (Å²) in [5.74, 6) is -0.369. The van der Waals surface area contributed by atoms with E-state index in [-0.39, 0.29) is 5.92 Å². The summed E-state index contributed by atoms with van der Waals surface area (Å²) >= 11 is 0. The summed E-state index contributed by atoms with van der Waals surface area (Å²) < 4.78 is 0. The lowest BCUT2D eigenvalue weighted by molar-refractivity contribution is 0.986. The number of pyridine rings is 1. The molecular formula is C28H21N3. The molecule has 1 unspecified atom stereocenters. The second kappa shape index (κ2) is 7.93. The van der Waals surface area contributed by atoms with Crippen molar-refractivity contribution in [2.24, 2.45) is 0 Å². The van der Waals surface area contributed by atoms with Crippen molar-refractivity contribution >= 4 is 27.7 Å². The van der Waals surface area contributed by atoms with Crippen molar-refractivity contribution in [3.8, 4) is 6.07 Å². The number of allylic oxidation sites excluding steroid dienone is 1. The summed E-state index contributed by atoms with van der Waals surface area (Å²) in [7, 11) is 0. The van der Waals surface area contributed by atoms with E-state index in [0.717, 1.165) is 44.6 Å². The van der Waals surface area contributed by atoms with Crippen LogP contribution in [0.3, 0.4) is 0 Å². The van der Waals surface area contributed by atoms with Crippen LogP contribution in [0.15, 0.2) is 104 Å². The number of hydrogen-bond acceptors (Lipinski definition) is 3. The van der Waals surface area contributed by atoms with Gasteiger partial charge in [-0.3, -0.25) is 0 Å². The minimum absolute atomic E-state index is 0.369. The number of benzene rings is 3. The first-order chi connectivity index (χ1) is 15.2. The van der Waals surface area contributed by atoms with Crippen LogP contribution in [0.2, 0.25) is 0 Å². The highest BCUT2D eigenvalue weighted by Crippen LogP contribution is 2.42. The zero-order valence-electron chi connectivity index (χ0n) is 17.1. The number of nitrogens with zero attached hydrogens (tertiary/aromatic N) is 3. The van der Waals surface area contributed by atoms with Gasteiger partial charge in [0, 0.05) is 29.4 Å². The summed E-state index contributed by atoms with van der Waals surface area (Å²) in [6.45, 7) is 4.95. The van der Waals surface area contributed by atoms with Gasteiger partial charge in [-0.05, 0) is 34.9 Å². The molecule has 0 saturated heterocycles. The fraction of sp³-hybridized carbons (Fsp3) is 0.0714. The second-order valence-electron chi connectivity index (χ2n) is 7.69. The van der Waals surface area contributed by atoms with E-state index in [1.807, 2.05) is 60.7 Å². The van der Waals surface area contributed by atoms with E-state index in [2.05, 4.69) is 54.1 Å².